The highest BCUT2D eigenvalue weighted by molar-refractivity contribution is 5.85. The molecule has 0 saturated heterocycles. The zero-order valence-corrected chi connectivity index (χ0v) is 7.72. The van der Waals surface area contributed by atoms with Gasteiger partial charge in [-0.25, -0.2) is 4.79 Å². The molecule has 0 fully saturated rings. The van der Waals surface area contributed by atoms with Crippen molar-refractivity contribution in [2.24, 2.45) is 0 Å². The van der Waals surface area contributed by atoms with Crippen LogP contribution in [-0.4, -0.2) is 31.3 Å². The van der Waals surface area contributed by atoms with E-state index in [0.29, 0.717) is 12.0 Å². The van der Waals surface area contributed by atoms with Crippen LogP contribution in [-0.2, 0) is 4.79 Å². The Balaban J connectivity index is 3.93. The number of carboxylic acid groups (broad SMARTS) is 1. The topological polar surface area (TPSA) is 61.4 Å². The van der Waals surface area contributed by atoms with E-state index in [1.165, 1.54) is 0 Å². The summed E-state index contributed by atoms with van der Waals surface area (Å²) in [5, 5.41) is 14.5. The van der Waals surface area contributed by atoms with E-state index in [1.807, 2.05) is 14.1 Å². The first-order valence-electron chi connectivity index (χ1n) is 3.86. The molecule has 0 aliphatic heterocycles. The number of carbonyl (C=O) groups is 1. The van der Waals surface area contributed by atoms with E-state index >= 15 is 0 Å². The van der Waals surface area contributed by atoms with Crippen molar-refractivity contribution in [3.63, 3.8) is 0 Å². The lowest BCUT2D eigenvalue weighted by atomic mass is 10.2. The van der Waals surface area contributed by atoms with Crippen LogP contribution in [0.2, 0.25) is 0 Å². The van der Waals surface area contributed by atoms with Gasteiger partial charge in [0, 0.05) is 5.57 Å². The van der Waals surface area contributed by atoms with Crippen LogP contribution in [0.5, 0.6) is 0 Å². The zero-order chi connectivity index (χ0) is 9.56. The minimum absolute atomic E-state index is 0.138. The van der Waals surface area contributed by atoms with Crippen LogP contribution >= 0.6 is 0 Å². The molecule has 0 rings (SSSR count). The van der Waals surface area contributed by atoms with Crippen LogP contribution in [0.3, 0.4) is 0 Å². The highest BCUT2D eigenvalue weighted by Crippen LogP contribution is 1.96. The highest BCUT2D eigenvalue weighted by atomic mass is 16.4. The standard InChI is InChI=1S/C8H16N2O2/c1-6(8(11)12)4-5-7(9-2)10-3/h4,7,9-10H,5H2,1-3H3,(H,11,12)/b6-4+. The van der Waals surface area contributed by atoms with Crippen LogP contribution in [0.4, 0.5) is 0 Å². The fourth-order valence-corrected chi connectivity index (χ4v) is 0.762. The zero-order valence-electron chi connectivity index (χ0n) is 7.72. The van der Waals surface area contributed by atoms with Gasteiger partial charge in [-0.05, 0) is 27.4 Å². The fraction of sp³-hybridized carbons (Fsp3) is 0.625. The van der Waals surface area contributed by atoms with E-state index in [2.05, 4.69) is 10.6 Å². The molecule has 0 amide bonds. The molecule has 0 unspecified atom stereocenters. The Hall–Kier alpha value is -0.870. The summed E-state index contributed by atoms with van der Waals surface area (Å²) < 4.78 is 0. The second-order valence-corrected chi connectivity index (χ2v) is 2.56. The normalized spacial score (nSPS) is 12.2. The van der Waals surface area contributed by atoms with Gasteiger partial charge in [0.15, 0.2) is 0 Å². The summed E-state index contributed by atoms with van der Waals surface area (Å²) in [5.41, 5.74) is 0.380. The summed E-state index contributed by atoms with van der Waals surface area (Å²) in [7, 11) is 3.65. The lowest BCUT2D eigenvalue weighted by Crippen LogP contribution is -2.37. The smallest absolute Gasteiger partial charge is 0.330 e. The van der Waals surface area contributed by atoms with E-state index < -0.39 is 5.97 Å². The van der Waals surface area contributed by atoms with Gasteiger partial charge < -0.3 is 15.7 Å². The van der Waals surface area contributed by atoms with E-state index in [4.69, 9.17) is 5.11 Å². The number of nitrogens with one attached hydrogen (secondary N) is 2. The fourth-order valence-electron chi connectivity index (χ4n) is 0.762. The maximum Gasteiger partial charge on any atom is 0.330 e. The quantitative estimate of drug-likeness (QED) is 0.409. The van der Waals surface area contributed by atoms with Gasteiger partial charge in [-0.3, -0.25) is 0 Å². The Morgan fingerprint density at radius 3 is 2.33 bits per heavy atom. The first-order chi connectivity index (χ1) is 5.61. The monoisotopic (exact) mass is 172 g/mol. The van der Waals surface area contributed by atoms with Gasteiger partial charge in [-0.15, -0.1) is 0 Å². The SMILES string of the molecule is CNC(C/C=C(\C)C(=O)O)NC. The van der Waals surface area contributed by atoms with Gasteiger partial charge >= 0.3 is 5.97 Å². The second-order valence-electron chi connectivity index (χ2n) is 2.56. The van der Waals surface area contributed by atoms with Crippen molar-refractivity contribution < 1.29 is 9.90 Å². The summed E-state index contributed by atoms with van der Waals surface area (Å²) >= 11 is 0. The first kappa shape index (κ1) is 11.1. The third-order valence-electron chi connectivity index (χ3n) is 1.69. The van der Waals surface area contributed by atoms with E-state index in [-0.39, 0.29) is 6.17 Å². The molecule has 0 spiro atoms. The molecule has 0 aliphatic rings. The van der Waals surface area contributed by atoms with Crippen molar-refractivity contribution in [1.29, 1.82) is 0 Å². The summed E-state index contributed by atoms with van der Waals surface area (Å²) in [6.45, 7) is 1.59. The predicted molar refractivity (Wildman–Crippen MR) is 47.9 cm³/mol. The van der Waals surface area contributed by atoms with E-state index in [0.717, 1.165) is 0 Å². The molecule has 4 nitrogen and oxygen atoms in total. The number of rotatable bonds is 5. The molecule has 0 bridgehead atoms. The molecule has 0 aromatic rings. The number of carboxylic acids is 1. The Kier molecular flexibility index (Phi) is 5.32. The van der Waals surface area contributed by atoms with Crippen molar-refractivity contribution in [2.75, 3.05) is 14.1 Å². The van der Waals surface area contributed by atoms with Gasteiger partial charge in [0.1, 0.15) is 0 Å². The molecule has 0 heterocycles. The van der Waals surface area contributed by atoms with Crippen LogP contribution in [0.25, 0.3) is 0 Å². The molecule has 12 heavy (non-hydrogen) atoms. The average Bonchev–Trinajstić information content (AvgIpc) is 2.05. The second kappa shape index (κ2) is 5.74. The molecule has 0 aromatic carbocycles. The van der Waals surface area contributed by atoms with E-state index in [1.54, 1.807) is 13.0 Å². The highest BCUT2D eigenvalue weighted by Gasteiger charge is 2.02. The summed E-state index contributed by atoms with van der Waals surface area (Å²) in [6, 6.07) is 0. The molecule has 3 N–H and O–H groups in total. The Labute approximate surface area is 72.7 Å². The maximum absolute atomic E-state index is 10.4. The van der Waals surface area contributed by atoms with Crippen molar-refractivity contribution in [3.05, 3.63) is 11.6 Å². The van der Waals surface area contributed by atoms with Gasteiger partial charge in [-0.1, -0.05) is 6.08 Å². The molecule has 0 aromatic heterocycles. The lowest BCUT2D eigenvalue weighted by molar-refractivity contribution is -0.132. The van der Waals surface area contributed by atoms with Crippen LogP contribution in [0.1, 0.15) is 13.3 Å². The lowest BCUT2D eigenvalue weighted by Gasteiger charge is -2.12. The maximum atomic E-state index is 10.4. The van der Waals surface area contributed by atoms with Crippen LogP contribution < -0.4 is 10.6 Å². The molecule has 0 aliphatic carbocycles. The number of hydrogen-bond acceptors (Lipinski definition) is 3. The Bertz CT molecular complexity index is 174. The van der Waals surface area contributed by atoms with Gasteiger partial charge in [0.25, 0.3) is 0 Å². The third-order valence-corrected chi connectivity index (χ3v) is 1.69. The molecule has 0 atom stereocenters. The summed E-state index contributed by atoms with van der Waals surface area (Å²) in [4.78, 5) is 10.4. The Morgan fingerprint density at radius 2 is 2.00 bits per heavy atom. The minimum atomic E-state index is -0.860. The van der Waals surface area contributed by atoms with Crippen molar-refractivity contribution >= 4 is 5.97 Å². The molecule has 0 saturated carbocycles. The average molecular weight is 172 g/mol. The number of aliphatic carboxylic acids is 1. The molecule has 70 valence electrons. The summed E-state index contributed by atoms with van der Waals surface area (Å²) in [6.07, 6.45) is 2.50. The molecule has 0 radical (unpaired) electrons. The molecule has 4 heteroatoms. The van der Waals surface area contributed by atoms with Crippen LogP contribution in [0, 0.1) is 0 Å². The van der Waals surface area contributed by atoms with Crippen LogP contribution in [0.15, 0.2) is 11.6 Å². The molecular weight excluding hydrogens is 156 g/mol. The Morgan fingerprint density at radius 1 is 1.50 bits per heavy atom. The summed E-state index contributed by atoms with van der Waals surface area (Å²) in [5.74, 6) is -0.860. The number of hydrogen-bond donors (Lipinski definition) is 3. The first-order valence-corrected chi connectivity index (χ1v) is 3.86. The van der Waals surface area contributed by atoms with Crippen molar-refractivity contribution in [3.8, 4) is 0 Å². The third kappa shape index (κ3) is 4.10. The van der Waals surface area contributed by atoms with Crippen molar-refractivity contribution in [2.45, 2.75) is 19.5 Å². The van der Waals surface area contributed by atoms with Gasteiger partial charge in [0.05, 0.1) is 6.17 Å². The minimum Gasteiger partial charge on any atom is -0.478 e. The van der Waals surface area contributed by atoms with Gasteiger partial charge in [-0.2, -0.15) is 0 Å². The van der Waals surface area contributed by atoms with Gasteiger partial charge in [0.2, 0.25) is 0 Å². The predicted octanol–water partition coefficient (Wildman–Crippen LogP) is 0.172. The van der Waals surface area contributed by atoms with E-state index in [9.17, 15) is 4.79 Å². The largest absolute Gasteiger partial charge is 0.478 e. The van der Waals surface area contributed by atoms with Crippen molar-refractivity contribution in [1.82, 2.24) is 10.6 Å². The molecular formula is C8H16N2O2.